The number of nitrogens with two attached hydrogens (primary N) is 1. The number of amidine groups is 1. The summed E-state index contributed by atoms with van der Waals surface area (Å²) in [5.74, 6) is 1.71. The Balaban J connectivity index is 2.11. The molecule has 1 saturated carbocycles. The maximum atomic E-state index is 7.46. The monoisotopic (exact) mass is 281 g/mol. The molecule has 0 radical (unpaired) electrons. The second kappa shape index (κ2) is 5.78. The average Bonchev–Trinajstić information content (AvgIpc) is 2.36. The molecule has 1 heterocycles. The van der Waals surface area contributed by atoms with Gasteiger partial charge in [0.1, 0.15) is 17.0 Å². The van der Waals surface area contributed by atoms with Crippen LogP contribution in [0.5, 0.6) is 5.88 Å². The Morgan fingerprint density at radius 1 is 1.42 bits per heavy atom. The fourth-order valence-electron chi connectivity index (χ4n) is 2.48. The molecule has 1 aromatic heterocycles. The van der Waals surface area contributed by atoms with Gasteiger partial charge in [0.25, 0.3) is 0 Å². The minimum absolute atomic E-state index is 0.0668. The number of ether oxygens (including phenoxy) is 1. The summed E-state index contributed by atoms with van der Waals surface area (Å²) >= 11 is 6.18. The number of hydrogen-bond donors (Lipinski definition) is 2. The van der Waals surface area contributed by atoms with Crippen molar-refractivity contribution in [1.29, 1.82) is 5.41 Å². The van der Waals surface area contributed by atoms with E-state index in [4.69, 9.17) is 27.5 Å². The molecular formula is C14H20ClN3O. The molecule has 3 unspecified atom stereocenters. The van der Waals surface area contributed by atoms with Crippen LogP contribution in [0, 0.1) is 17.2 Å². The normalized spacial score (nSPS) is 27.0. The largest absolute Gasteiger partial charge is 0.473 e. The van der Waals surface area contributed by atoms with Gasteiger partial charge in [0.05, 0.1) is 0 Å². The van der Waals surface area contributed by atoms with Gasteiger partial charge in [-0.1, -0.05) is 25.4 Å². The van der Waals surface area contributed by atoms with E-state index in [1.807, 2.05) is 0 Å². The molecule has 0 saturated heterocycles. The zero-order valence-electron chi connectivity index (χ0n) is 11.3. The van der Waals surface area contributed by atoms with Crippen LogP contribution in [0.4, 0.5) is 0 Å². The molecule has 0 spiro atoms. The molecule has 19 heavy (non-hydrogen) atoms. The van der Waals surface area contributed by atoms with Crippen LogP contribution in [0.2, 0.25) is 5.02 Å². The molecular weight excluding hydrogens is 262 g/mol. The average molecular weight is 282 g/mol. The molecule has 2 rings (SSSR count). The number of aromatic nitrogens is 1. The lowest BCUT2D eigenvalue weighted by molar-refractivity contribution is 0.0965. The van der Waals surface area contributed by atoms with E-state index >= 15 is 0 Å². The first kappa shape index (κ1) is 14.1. The minimum Gasteiger partial charge on any atom is -0.473 e. The van der Waals surface area contributed by atoms with Crippen LogP contribution in [0.3, 0.4) is 0 Å². The lowest BCUT2D eigenvalue weighted by Crippen LogP contribution is -2.29. The van der Waals surface area contributed by atoms with E-state index in [0.29, 0.717) is 22.4 Å². The first-order valence-corrected chi connectivity index (χ1v) is 7.02. The van der Waals surface area contributed by atoms with Crippen molar-refractivity contribution in [3.05, 3.63) is 22.8 Å². The van der Waals surface area contributed by atoms with E-state index in [9.17, 15) is 0 Å². The maximum absolute atomic E-state index is 7.46. The van der Waals surface area contributed by atoms with Crippen molar-refractivity contribution in [1.82, 2.24) is 4.98 Å². The summed E-state index contributed by atoms with van der Waals surface area (Å²) in [6.45, 7) is 4.53. The highest BCUT2D eigenvalue weighted by atomic mass is 35.5. The smallest absolute Gasteiger partial charge is 0.233 e. The summed E-state index contributed by atoms with van der Waals surface area (Å²) in [5.41, 5.74) is 5.95. The van der Waals surface area contributed by atoms with E-state index in [-0.39, 0.29) is 11.9 Å². The van der Waals surface area contributed by atoms with Gasteiger partial charge in [-0.3, -0.25) is 5.41 Å². The van der Waals surface area contributed by atoms with E-state index in [2.05, 4.69) is 18.8 Å². The van der Waals surface area contributed by atoms with Crippen LogP contribution < -0.4 is 10.5 Å². The molecule has 5 heteroatoms. The molecule has 4 nitrogen and oxygen atoms in total. The predicted molar refractivity (Wildman–Crippen MR) is 76.9 cm³/mol. The van der Waals surface area contributed by atoms with Gasteiger partial charge in [-0.25, -0.2) is 4.98 Å². The zero-order valence-corrected chi connectivity index (χ0v) is 12.1. The molecule has 1 aliphatic rings. The Labute approximate surface area is 118 Å². The van der Waals surface area contributed by atoms with Gasteiger partial charge < -0.3 is 10.5 Å². The Morgan fingerprint density at radius 2 is 2.16 bits per heavy atom. The Bertz CT molecular complexity index is 478. The summed E-state index contributed by atoms with van der Waals surface area (Å²) in [5, 5.41) is 7.80. The van der Waals surface area contributed by atoms with Crippen LogP contribution in [-0.4, -0.2) is 16.9 Å². The van der Waals surface area contributed by atoms with Crippen molar-refractivity contribution in [2.24, 2.45) is 17.6 Å². The second-order valence-electron chi connectivity index (χ2n) is 5.40. The number of halogens is 1. The highest BCUT2D eigenvalue weighted by Crippen LogP contribution is 2.33. The fourth-order valence-corrected chi connectivity index (χ4v) is 2.74. The molecule has 0 aromatic carbocycles. The van der Waals surface area contributed by atoms with Crippen molar-refractivity contribution in [2.45, 2.75) is 39.2 Å². The second-order valence-corrected chi connectivity index (χ2v) is 5.78. The van der Waals surface area contributed by atoms with E-state index in [0.717, 1.165) is 25.2 Å². The SMILES string of the molecule is CC1CCC(Oc2nccc(C(=N)N)c2Cl)CC1C. The van der Waals surface area contributed by atoms with Crippen LogP contribution in [0.15, 0.2) is 12.3 Å². The number of nitrogen functional groups attached to an aromatic ring is 1. The topological polar surface area (TPSA) is 72.0 Å². The number of nitrogens with one attached hydrogen (secondary N) is 1. The molecule has 0 amide bonds. The van der Waals surface area contributed by atoms with E-state index in [1.54, 1.807) is 12.3 Å². The third-order valence-corrected chi connectivity index (χ3v) is 4.34. The highest BCUT2D eigenvalue weighted by molar-refractivity contribution is 6.35. The van der Waals surface area contributed by atoms with Gasteiger partial charge in [0, 0.05) is 11.8 Å². The van der Waals surface area contributed by atoms with Crippen LogP contribution in [-0.2, 0) is 0 Å². The molecule has 3 atom stereocenters. The molecule has 1 fully saturated rings. The van der Waals surface area contributed by atoms with Gasteiger partial charge in [-0.05, 0) is 37.2 Å². The lowest BCUT2D eigenvalue weighted by Gasteiger charge is -2.32. The molecule has 1 aromatic rings. The molecule has 0 aliphatic heterocycles. The first-order valence-electron chi connectivity index (χ1n) is 6.64. The Morgan fingerprint density at radius 3 is 2.79 bits per heavy atom. The third kappa shape index (κ3) is 3.18. The summed E-state index contributed by atoms with van der Waals surface area (Å²) in [7, 11) is 0. The molecule has 0 bridgehead atoms. The summed E-state index contributed by atoms with van der Waals surface area (Å²) < 4.78 is 5.90. The van der Waals surface area contributed by atoms with Gasteiger partial charge in [-0.2, -0.15) is 0 Å². The fraction of sp³-hybridized carbons (Fsp3) is 0.571. The summed E-state index contributed by atoms with van der Waals surface area (Å²) in [6.07, 6.45) is 4.93. The van der Waals surface area contributed by atoms with Gasteiger partial charge in [0.2, 0.25) is 5.88 Å². The minimum atomic E-state index is -0.0668. The summed E-state index contributed by atoms with van der Waals surface area (Å²) in [4.78, 5) is 4.15. The number of hydrogen-bond acceptors (Lipinski definition) is 3. The van der Waals surface area contributed by atoms with Crippen LogP contribution in [0.1, 0.15) is 38.7 Å². The first-order chi connectivity index (χ1) is 8.99. The Kier molecular flexibility index (Phi) is 4.30. The molecule has 104 valence electrons. The number of nitrogens with zero attached hydrogens (tertiary/aromatic N) is 1. The van der Waals surface area contributed by atoms with Crippen LogP contribution in [0.25, 0.3) is 0 Å². The zero-order chi connectivity index (χ0) is 14.0. The van der Waals surface area contributed by atoms with Crippen molar-refractivity contribution < 1.29 is 4.74 Å². The number of pyridine rings is 1. The lowest BCUT2D eigenvalue weighted by atomic mass is 9.80. The predicted octanol–water partition coefficient (Wildman–Crippen LogP) is 3.22. The van der Waals surface area contributed by atoms with E-state index in [1.165, 1.54) is 0 Å². The van der Waals surface area contributed by atoms with Gasteiger partial charge in [0.15, 0.2) is 0 Å². The van der Waals surface area contributed by atoms with Crippen LogP contribution >= 0.6 is 11.6 Å². The highest BCUT2D eigenvalue weighted by Gasteiger charge is 2.26. The molecule has 3 N–H and O–H groups in total. The summed E-state index contributed by atoms with van der Waals surface area (Å²) in [6, 6.07) is 1.63. The van der Waals surface area contributed by atoms with Gasteiger partial charge in [-0.15, -0.1) is 0 Å². The van der Waals surface area contributed by atoms with E-state index < -0.39 is 0 Å². The van der Waals surface area contributed by atoms with Crippen molar-refractivity contribution in [2.75, 3.05) is 0 Å². The van der Waals surface area contributed by atoms with Crippen molar-refractivity contribution in [3.8, 4) is 5.88 Å². The third-order valence-electron chi connectivity index (χ3n) is 3.98. The van der Waals surface area contributed by atoms with Gasteiger partial charge >= 0.3 is 0 Å². The Hall–Kier alpha value is -1.29. The number of rotatable bonds is 3. The van der Waals surface area contributed by atoms with Crippen molar-refractivity contribution in [3.63, 3.8) is 0 Å². The standard InChI is InChI=1S/C14H20ClN3O/c1-8-3-4-10(7-9(8)2)19-14-12(15)11(13(16)17)5-6-18-14/h5-6,8-10H,3-4,7H2,1-2H3,(H3,16,17). The maximum Gasteiger partial charge on any atom is 0.233 e. The molecule has 1 aliphatic carbocycles. The quantitative estimate of drug-likeness (QED) is 0.660. The van der Waals surface area contributed by atoms with Crippen molar-refractivity contribution >= 4 is 17.4 Å².